The molecule has 0 saturated carbocycles. The second-order valence-electron chi connectivity index (χ2n) is 6.31. The molecule has 3 nitrogen and oxygen atoms in total. The first-order chi connectivity index (χ1) is 9.33. The summed E-state index contributed by atoms with van der Waals surface area (Å²) in [4.78, 5) is 4.30. The molecule has 2 rings (SSSR count). The van der Waals surface area contributed by atoms with E-state index < -0.39 is 0 Å². The zero-order chi connectivity index (χ0) is 14.8. The summed E-state index contributed by atoms with van der Waals surface area (Å²) in [7, 11) is 0. The summed E-state index contributed by atoms with van der Waals surface area (Å²) in [6.07, 6.45) is 1.05. The fourth-order valence-electron chi connectivity index (χ4n) is 2.01. The van der Waals surface area contributed by atoms with Gasteiger partial charge in [0.15, 0.2) is 0 Å². The third-order valence-corrected chi connectivity index (χ3v) is 2.98. The smallest absolute Gasteiger partial charge is 0.219 e. The van der Waals surface area contributed by atoms with Gasteiger partial charge in [0.25, 0.3) is 0 Å². The van der Waals surface area contributed by atoms with Crippen LogP contribution in [0.1, 0.15) is 32.0 Å². The van der Waals surface area contributed by atoms with Crippen LogP contribution >= 0.6 is 0 Å². The van der Waals surface area contributed by atoms with Crippen molar-refractivity contribution < 1.29 is 4.74 Å². The SMILES string of the molecule is Cc1nc(Oc2ccc(CC(C)(C)C)cc2)ccc1N. The maximum Gasteiger partial charge on any atom is 0.219 e. The molecule has 1 aromatic carbocycles. The van der Waals surface area contributed by atoms with E-state index in [-0.39, 0.29) is 5.41 Å². The van der Waals surface area contributed by atoms with Crippen molar-refractivity contribution in [2.75, 3.05) is 5.73 Å². The van der Waals surface area contributed by atoms with Crippen molar-refractivity contribution in [1.29, 1.82) is 0 Å². The largest absolute Gasteiger partial charge is 0.439 e. The maximum absolute atomic E-state index is 5.74. The zero-order valence-corrected chi connectivity index (χ0v) is 12.6. The van der Waals surface area contributed by atoms with Crippen LogP contribution in [-0.4, -0.2) is 4.98 Å². The van der Waals surface area contributed by atoms with E-state index >= 15 is 0 Å². The Morgan fingerprint density at radius 2 is 1.70 bits per heavy atom. The molecule has 0 spiro atoms. The fraction of sp³-hybridized carbons (Fsp3) is 0.353. The molecule has 0 saturated heterocycles. The lowest BCUT2D eigenvalue weighted by Crippen LogP contribution is -2.08. The number of anilines is 1. The van der Waals surface area contributed by atoms with Gasteiger partial charge in [-0.15, -0.1) is 0 Å². The highest BCUT2D eigenvalue weighted by Gasteiger charge is 2.11. The number of nitrogens with two attached hydrogens (primary N) is 1. The van der Waals surface area contributed by atoms with Gasteiger partial charge < -0.3 is 10.5 Å². The average Bonchev–Trinajstić information content (AvgIpc) is 2.35. The second kappa shape index (κ2) is 5.53. The molecule has 3 heteroatoms. The molecule has 0 fully saturated rings. The van der Waals surface area contributed by atoms with Gasteiger partial charge in [-0.05, 0) is 42.5 Å². The third kappa shape index (κ3) is 3.98. The Bertz CT molecular complexity index is 583. The van der Waals surface area contributed by atoms with Crippen LogP contribution in [-0.2, 0) is 6.42 Å². The van der Waals surface area contributed by atoms with Gasteiger partial charge in [-0.3, -0.25) is 0 Å². The summed E-state index contributed by atoms with van der Waals surface area (Å²) in [6.45, 7) is 8.57. The van der Waals surface area contributed by atoms with Gasteiger partial charge >= 0.3 is 0 Å². The van der Waals surface area contributed by atoms with E-state index in [1.165, 1.54) is 5.56 Å². The minimum Gasteiger partial charge on any atom is -0.439 e. The lowest BCUT2D eigenvalue weighted by Gasteiger charge is -2.18. The van der Waals surface area contributed by atoms with Gasteiger partial charge in [0, 0.05) is 6.07 Å². The first kappa shape index (κ1) is 14.4. The molecular formula is C17H22N2O. The van der Waals surface area contributed by atoms with Crippen molar-refractivity contribution in [3.05, 3.63) is 47.7 Å². The molecule has 106 valence electrons. The Hall–Kier alpha value is -2.03. The van der Waals surface area contributed by atoms with Crippen molar-refractivity contribution in [3.63, 3.8) is 0 Å². The maximum atomic E-state index is 5.74. The van der Waals surface area contributed by atoms with E-state index in [0.717, 1.165) is 17.9 Å². The van der Waals surface area contributed by atoms with Crippen LogP contribution in [0.4, 0.5) is 5.69 Å². The second-order valence-corrected chi connectivity index (χ2v) is 6.31. The predicted octanol–water partition coefficient (Wildman–Crippen LogP) is 4.35. The van der Waals surface area contributed by atoms with Crippen LogP contribution in [0, 0.1) is 12.3 Å². The quantitative estimate of drug-likeness (QED) is 0.901. The normalized spacial score (nSPS) is 11.4. The van der Waals surface area contributed by atoms with Crippen molar-refractivity contribution >= 4 is 5.69 Å². The summed E-state index contributed by atoms with van der Waals surface area (Å²) in [5, 5.41) is 0. The van der Waals surface area contributed by atoms with E-state index in [0.29, 0.717) is 11.6 Å². The molecule has 1 heterocycles. The molecule has 0 aliphatic carbocycles. The van der Waals surface area contributed by atoms with E-state index in [4.69, 9.17) is 10.5 Å². The Balaban J connectivity index is 2.08. The number of nitrogens with zero attached hydrogens (tertiary/aromatic N) is 1. The van der Waals surface area contributed by atoms with E-state index in [9.17, 15) is 0 Å². The summed E-state index contributed by atoms with van der Waals surface area (Å²) in [6, 6.07) is 11.8. The first-order valence-corrected chi connectivity index (χ1v) is 6.83. The average molecular weight is 270 g/mol. The van der Waals surface area contributed by atoms with E-state index in [2.05, 4.69) is 37.9 Å². The number of ether oxygens (including phenoxy) is 1. The molecule has 2 N–H and O–H groups in total. The van der Waals surface area contributed by atoms with Gasteiger partial charge in [0.2, 0.25) is 5.88 Å². The third-order valence-electron chi connectivity index (χ3n) is 2.98. The molecule has 2 aromatic rings. The standard InChI is InChI=1S/C17H22N2O/c1-12-15(18)9-10-16(19-12)20-14-7-5-13(6-8-14)11-17(2,3)4/h5-10H,11,18H2,1-4H3. The number of aryl methyl sites for hydroxylation is 1. The lowest BCUT2D eigenvalue weighted by atomic mass is 9.88. The number of rotatable bonds is 3. The molecule has 0 bridgehead atoms. The van der Waals surface area contributed by atoms with E-state index in [1.807, 2.05) is 25.1 Å². The molecule has 0 amide bonds. The molecule has 0 radical (unpaired) electrons. The van der Waals surface area contributed by atoms with Crippen LogP contribution in [0.15, 0.2) is 36.4 Å². The number of hydrogen-bond acceptors (Lipinski definition) is 3. The number of hydrogen-bond donors (Lipinski definition) is 1. The molecule has 20 heavy (non-hydrogen) atoms. The van der Waals surface area contributed by atoms with E-state index in [1.54, 1.807) is 6.07 Å². The number of benzene rings is 1. The summed E-state index contributed by atoms with van der Waals surface area (Å²) in [5.41, 5.74) is 8.81. The molecule has 0 atom stereocenters. The Kier molecular flexibility index (Phi) is 3.98. The van der Waals surface area contributed by atoms with Crippen LogP contribution < -0.4 is 10.5 Å². The lowest BCUT2D eigenvalue weighted by molar-refractivity contribution is 0.410. The Morgan fingerprint density at radius 3 is 2.25 bits per heavy atom. The highest BCUT2D eigenvalue weighted by Crippen LogP contribution is 2.25. The number of pyridine rings is 1. The summed E-state index contributed by atoms with van der Waals surface area (Å²) in [5.74, 6) is 1.36. The zero-order valence-electron chi connectivity index (χ0n) is 12.6. The number of aromatic nitrogens is 1. The van der Waals surface area contributed by atoms with Crippen molar-refractivity contribution in [2.45, 2.75) is 34.1 Å². The topological polar surface area (TPSA) is 48.1 Å². The predicted molar refractivity (Wildman–Crippen MR) is 83.1 cm³/mol. The van der Waals surface area contributed by atoms with Crippen molar-refractivity contribution in [2.24, 2.45) is 5.41 Å². The molecule has 0 unspecified atom stereocenters. The minimum absolute atomic E-state index is 0.290. The van der Waals surface area contributed by atoms with Gasteiger partial charge in [0.1, 0.15) is 5.75 Å². The summed E-state index contributed by atoms with van der Waals surface area (Å²) < 4.78 is 5.73. The molecule has 1 aromatic heterocycles. The van der Waals surface area contributed by atoms with Crippen molar-refractivity contribution in [1.82, 2.24) is 4.98 Å². The van der Waals surface area contributed by atoms with Gasteiger partial charge in [-0.1, -0.05) is 32.9 Å². The van der Waals surface area contributed by atoms with Crippen molar-refractivity contribution in [3.8, 4) is 11.6 Å². The monoisotopic (exact) mass is 270 g/mol. The first-order valence-electron chi connectivity index (χ1n) is 6.83. The fourth-order valence-corrected chi connectivity index (χ4v) is 2.01. The highest BCUT2D eigenvalue weighted by molar-refractivity contribution is 5.44. The molecular weight excluding hydrogens is 248 g/mol. The number of nitrogen functional groups attached to an aromatic ring is 1. The Labute approximate surface area is 120 Å². The van der Waals surface area contributed by atoms with Gasteiger partial charge in [-0.2, -0.15) is 0 Å². The van der Waals surface area contributed by atoms with Crippen LogP contribution in [0.25, 0.3) is 0 Å². The van der Waals surface area contributed by atoms with Gasteiger partial charge in [0.05, 0.1) is 11.4 Å². The highest BCUT2D eigenvalue weighted by atomic mass is 16.5. The van der Waals surface area contributed by atoms with Crippen LogP contribution in [0.2, 0.25) is 0 Å². The Morgan fingerprint density at radius 1 is 1.05 bits per heavy atom. The van der Waals surface area contributed by atoms with Crippen LogP contribution in [0.5, 0.6) is 11.6 Å². The molecule has 0 aliphatic rings. The summed E-state index contributed by atoms with van der Waals surface area (Å²) >= 11 is 0. The minimum atomic E-state index is 0.290. The van der Waals surface area contributed by atoms with Gasteiger partial charge in [-0.25, -0.2) is 4.98 Å². The van der Waals surface area contributed by atoms with Crippen LogP contribution in [0.3, 0.4) is 0 Å². The molecule has 0 aliphatic heterocycles.